The zero-order valence-corrected chi connectivity index (χ0v) is 61.1. The number of rotatable bonds is 22. The number of aliphatic hydroxyl groups excluding tert-OH is 1. The highest BCUT2D eigenvalue weighted by molar-refractivity contribution is 6.30. The van der Waals surface area contributed by atoms with Crippen molar-refractivity contribution in [3.8, 4) is 51.5 Å². The van der Waals surface area contributed by atoms with Crippen LogP contribution in [0.1, 0.15) is 72.1 Å². The van der Waals surface area contributed by atoms with Crippen LogP contribution in [-0.2, 0) is 33.0 Å². The number of nitrogens with two attached hydrogens (primary N) is 1. The van der Waals surface area contributed by atoms with Crippen LogP contribution in [0.15, 0.2) is 147 Å². The van der Waals surface area contributed by atoms with Gasteiger partial charge in [0.2, 0.25) is 0 Å². The Morgan fingerprint density at radius 2 is 0.982 bits per heavy atom. The lowest BCUT2D eigenvalue weighted by Crippen LogP contribution is -2.15. The molecule has 110 heavy (non-hydrogen) atoms. The smallest absolute Gasteiger partial charge is 0.363 e. The molecule has 4 unspecified atom stereocenters. The minimum absolute atomic E-state index is 0.0354. The maximum Gasteiger partial charge on any atom is 0.363 e. The first-order valence-corrected chi connectivity index (χ1v) is 35.3. The van der Waals surface area contributed by atoms with Crippen LogP contribution in [0.5, 0.6) is 28.7 Å². The number of Topliss-reactive ketones (excluding diaryl/α,β-unsaturated/α-hetero) is 2. The molecule has 0 spiro atoms. The molecule has 10 aromatic rings. The number of benzene rings is 2. The van der Waals surface area contributed by atoms with Gasteiger partial charge in [0, 0.05) is 82.4 Å². The summed E-state index contributed by atoms with van der Waals surface area (Å²) in [7, 11) is 6.80. The second-order valence-electron chi connectivity index (χ2n) is 25.4. The lowest BCUT2D eigenvalue weighted by Gasteiger charge is -2.17. The predicted molar refractivity (Wildman–Crippen MR) is 399 cm³/mol. The number of nitro groups is 2. The van der Waals surface area contributed by atoms with Gasteiger partial charge in [-0.1, -0.05) is 23.7 Å². The molecule has 0 radical (unpaired) electrons. The second-order valence-corrected chi connectivity index (χ2v) is 25.8. The van der Waals surface area contributed by atoms with Crippen molar-refractivity contribution < 1.29 is 71.6 Å². The van der Waals surface area contributed by atoms with Gasteiger partial charge in [0.05, 0.1) is 124 Å². The van der Waals surface area contributed by atoms with E-state index in [0.29, 0.717) is 124 Å². The number of ketones is 2. The first kappa shape index (κ1) is 79.0. The molecule has 8 aromatic heterocycles. The number of anilines is 7. The molecule has 0 amide bonds. The number of nitrogens with one attached hydrogen (secondary N) is 3. The van der Waals surface area contributed by atoms with Crippen molar-refractivity contribution in [1.82, 2.24) is 59.4 Å². The van der Waals surface area contributed by atoms with Crippen molar-refractivity contribution in [3.05, 3.63) is 189 Å². The number of hydrogen-bond acceptors (Lipinski definition) is 30. The first-order chi connectivity index (χ1) is 53.3. The summed E-state index contributed by atoms with van der Waals surface area (Å²) in [5.41, 5.74) is 10.6. The Bertz CT molecular complexity index is 4690. The lowest BCUT2D eigenvalue weighted by molar-refractivity contribution is -0.389. The number of nitrogen functional groups attached to an aromatic ring is 1. The van der Waals surface area contributed by atoms with Crippen molar-refractivity contribution in [2.24, 2.45) is 25.9 Å². The van der Waals surface area contributed by atoms with E-state index < -0.39 is 15.7 Å². The summed E-state index contributed by atoms with van der Waals surface area (Å²) >= 11 is 6.07. The summed E-state index contributed by atoms with van der Waals surface area (Å²) in [6.45, 7) is 5.31. The number of carbonyl (C=O) groups is 2. The minimum Gasteiger partial charge on any atom is -0.494 e. The van der Waals surface area contributed by atoms with Crippen LogP contribution in [0.3, 0.4) is 0 Å². The van der Waals surface area contributed by atoms with E-state index in [1.807, 2.05) is 67.7 Å². The minimum atomic E-state index is -0.681. The van der Waals surface area contributed by atoms with Gasteiger partial charge < -0.3 is 89.7 Å². The molecular weight excluding hydrogens is 1450 g/mol. The zero-order chi connectivity index (χ0) is 77.5. The molecule has 4 atom stereocenters. The molecule has 2 saturated carbocycles. The quantitative estimate of drug-likeness (QED) is 0.0182. The molecule has 12 heterocycles. The van der Waals surface area contributed by atoms with Crippen molar-refractivity contribution in [1.29, 1.82) is 0 Å². The number of aryl methyl sites for hydroxylation is 2. The van der Waals surface area contributed by atoms with Gasteiger partial charge in [0.1, 0.15) is 65.1 Å². The third-order valence-electron chi connectivity index (χ3n) is 16.9. The molecule has 2 aliphatic carbocycles. The van der Waals surface area contributed by atoms with Crippen molar-refractivity contribution in [2.45, 2.75) is 75.8 Å². The molecule has 4 saturated heterocycles. The first-order valence-electron chi connectivity index (χ1n) is 35.0. The number of ether oxygens (including phenoxy) is 9. The topological polar surface area (TPSA) is 425 Å². The van der Waals surface area contributed by atoms with E-state index in [1.165, 1.54) is 18.5 Å². The molecule has 16 rings (SSSR count). The molecular formula is C74H80ClFN18O16. The normalized spacial score (nSPS) is 17.2. The Kier molecular flexibility index (Phi) is 27.8. The average molecular weight is 1530 g/mol. The van der Waals surface area contributed by atoms with Gasteiger partial charge in [-0.2, -0.15) is 10.2 Å². The Labute approximate surface area is 634 Å². The largest absolute Gasteiger partial charge is 0.494 e. The van der Waals surface area contributed by atoms with E-state index in [-0.39, 0.29) is 59.5 Å². The molecule has 576 valence electrons. The Hall–Kier alpha value is -12.0. The van der Waals surface area contributed by atoms with E-state index in [4.69, 9.17) is 65.1 Å². The van der Waals surface area contributed by atoms with Crippen LogP contribution in [0.4, 0.5) is 56.2 Å². The number of carbonyl (C=O) groups excluding carboxylic acids is 2. The fourth-order valence-corrected chi connectivity index (χ4v) is 11.2. The third-order valence-corrected chi connectivity index (χ3v) is 17.1. The van der Waals surface area contributed by atoms with Gasteiger partial charge in [-0.3, -0.25) is 19.0 Å². The van der Waals surface area contributed by atoms with Gasteiger partial charge in [-0.15, -0.1) is 0 Å². The molecule has 6 N–H and O–H groups in total. The van der Waals surface area contributed by atoms with E-state index in [2.05, 4.69) is 66.0 Å². The summed E-state index contributed by atoms with van der Waals surface area (Å²) < 4.78 is 64.2. The van der Waals surface area contributed by atoms with Crippen LogP contribution in [-0.4, -0.2) is 177 Å². The highest BCUT2D eigenvalue weighted by atomic mass is 35.5. The second kappa shape index (κ2) is 38.7. The summed E-state index contributed by atoms with van der Waals surface area (Å²) in [5.74, 6) is 5.07. The predicted octanol–water partition coefficient (Wildman–Crippen LogP) is 11.3. The van der Waals surface area contributed by atoms with Gasteiger partial charge in [0.15, 0.2) is 58.7 Å². The Morgan fingerprint density at radius 3 is 1.36 bits per heavy atom. The van der Waals surface area contributed by atoms with E-state index in [0.717, 1.165) is 106 Å². The average Bonchev–Trinajstić information content (AvgIpc) is 1.57. The summed E-state index contributed by atoms with van der Waals surface area (Å²) in [5, 5.41) is 47.9. The highest BCUT2D eigenvalue weighted by Gasteiger charge is 2.34. The van der Waals surface area contributed by atoms with E-state index in [9.17, 15) is 34.2 Å². The number of para-hydroxylation sites is 2. The lowest BCUT2D eigenvalue weighted by atomic mass is 10.1. The van der Waals surface area contributed by atoms with Crippen LogP contribution in [0.2, 0.25) is 5.15 Å². The molecule has 2 aromatic carbocycles. The number of pyridine rings is 6. The SMILES string of the molecule is COc1c(Nc2cc(Cl)ncc2C(=O)C2CC2)cccc1-c1ncn(C)n1.COc1c(Nc2cc(Nc3ccc(OC4CCOC4)cn3)ncc2C(=O)C2CC2)cccc1-c1ncn(C)n1.Nc1ccc(OC2CCOC2)cn1.O=[N+]([O-])c1ccc(F)cn1.O=[N+]([O-])c1ccc(OC2CCOC2)cn1.OC1CCOC1. The van der Waals surface area contributed by atoms with Gasteiger partial charge in [0.25, 0.3) is 0 Å². The zero-order valence-electron chi connectivity index (χ0n) is 60.3. The van der Waals surface area contributed by atoms with Crippen LogP contribution in [0.25, 0.3) is 22.8 Å². The number of methoxy groups -OCH3 is 2. The van der Waals surface area contributed by atoms with Crippen LogP contribution >= 0.6 is 11.6 Å². The van der Waals surface area contributed by atoms with Crippen molar-refractivity contribution >= 4 is 75.0 Å². The van der Waals surface area contributed by atoms with Gasteiger partial charge >= 0.3 is 11.6 Å². The molecule has 6 fully saturated rings. The highest BCUT2D eigenvalue weighted by Crippen LogP contribution is 2.42. The number of halogens is 2. The molecule has 6 aliphatic rings. The fourth-order valence-electron chi connectivity index (χ4n) is 11.0. The Morgan fingerprint density at radius 1 is 0.527 bits per heavy atom. The van der Waals surface area contributed by atoms with E-state index in [1.54, 1.807) is 80.1 Å². The fraction of sp³-hybridized carbons (Fsp3) is 0.351. The third kappa shape index (κ3) is 23.0. The van der Waals surface area contributed by atoms with Gasteiger partial charge in [-0.25, -0.2) is 34.3 Å². The summed E-state index contributed by atoms with van der Waals surface area (Å²) in [4.78, 5) is 77.3. The standard InChI is InChI=1S/C28H29N7O4.C19H18ClN5O2.C9H10N2O4.C9H12N2O2.C5H3FN2O2.C4H8O2/c1-35-16-31-28(34-35)20-4-3-5-22(27(20)37-2)32-23-12-25(30-14-21(23)26(36)17-6-7-17)33-24-9-8-18(13-29-24)39-19-10-11-38-15-19;1-25-10-22-19(24-25)12-4-3-5-14(18(12)27-2)23-15-8-16(20)21-9-13(15)17(26)11-6-7-11;12-11(13)9-2-1-7(5-10-9)15-8-3-4-14-6-8;10-9-2-1-7(5-11-9)13-8-3-4-12-6-8;6-4-1-2-5(7-3-4)8(9)10;5-4-1-2-6-3-4/h3-5,8-9,12-14,16-17,19H,6-7,10-11,15H2,1-2H3,(H2,29,30,32,33);3-5,8-11H,6-7H2,1-2H3,(H,21,23);1-2,5,8H,3-4,6H2;1-2,5,8H,3-4,6H2,(H2,10,11);1-3H;4-5H,1-3H2. The van der Waals surface area contributed by atoms with E-state index >= 15 is 0 Å². The maximum atomic E-state index is 13.1. The molecule has 34 nitrogen and oxygen atoms in total. The molecule has 4 aliphatic heterocycles. The number of aromatic nitrogens is 12. The van der Waals surface area contributed by atoms with Crippen LogP contribution < -0.4 is 45.4 Å². The van der Waals surface area contributed by atoms with Crippen LogP contribution in [0, 0.1) is 37.9 Å². The summed E-state index contributed by atoms with van der Waals surface area (Å²) in [6.07, 6.45) is 19.1. The molecule has 0 bridgehead atoms. The Balaban J connectivity index is 0.000000145. The number of hydrogen-bond donors (Lipinski definition) is 5. The number of nitrogens with zero attached hydrogens (tertiary/aromatic N) is 14. The van der Waals surface area contributed by atoms with Crippen molar-refractivity contribution in [2.75, 3.05) is 88.8 Å². The van der Waals surface area contributed by atoms with Gasteiger partial charge in [-0.05, 0) is 119 Å². The van der Waals surface area contributed by atoms with Crippen molar-refractivity contribution in [3.63, 3.8) is 0 Å². The summed E-state index contributed by atoms with van der Waals surface area (Å²) in [6, 6.07) is 26.9. The number of aliphatic hydroxyl groups is 1. The monoisotopic (exact) mass is 1530 g/mol. The molecule has 36 heteroatoms. The maximum absolute atomic E-state index is 13.1.